The molecule has 0 unspecified atom stereocenters. The summed E-state index contributed by atoms with van der Waals surface area (Å²) in [5.41, 5.74) is 0. The van der Waals surface area contributed by atoms with Gasteiger partial charge in [0.2, 0.25) is 0 Å². The maximum absolute atomic E-state index is 7.23. The van der Waals surface area contributed by atoms with E-state index in [9.17, 15) is 0 Å². The van der Waals surface area contributed by atoms with Crippen LogP contribution in [0.4, 0.5) is 0 Å². The first-order valence-electron chi connectivity index (χ1n) is 11.8. The standard InChI is InChI=1S/C18H15ClP.C7H22O4Si4/c19-20(16-10-4-1-5-11-16,17-12-6-2-7-13-17)18-14-8-3-9-15-18;1-12-8-13(2,3)10-15(6,7)11-14(4,5)9-12/h1-15H;12H,1-7H3. The van der Waals surface area contributed by atoms with Gasteiger partial charge in [-0.25, -0.2) is 0 Å². The van der Waals surface area contributed by atoms with E-state index in [4.69, 9.17) is 27.7 Å². The highest BCUT2D eigenvalue weighted by Gasteiger charge is 2.46. The lowest BCUT2D eigenvalue weighted by molar-refractivity contribution is 0.251. The summed E-state index contributed by atoms with van der Waals surface area (Å²) < 4.78 is 24.1. The van der Waals surface area contributed by atoms with Crippen LogP contribution in [-0.4, -0.2) is 35.0 Å². The van der Waals surface area contributed by atoms with E-state index in [2.05, 4.69) is 119 Å². The third-order valence-electron chi connectivity index (χ3n) is 5.22. The highest BCUT2D eigenvalue weighted by atomic mass is 35.7. The summed E-state index contributed by atoms with van der Waals surface area (Å²) in [5.74, 6) is 0. The Morgan fingerprint density at radius 3 is 1.11 bits per heavy atom. The molecule has 1 saturated heterocycles. The summed E-state index contributed by atoms with van der Waals surface area (Å²) in [6.07, 6.45) is 0. The fourth-order valence-corrected chi connectivity index (χ4v) is 26.4. The van der Waals surface area contributed by atoms with Gasteiger partial charge in [-0.2, -0.15) is 0 Å². The topological polar surface area (TPSA) is 36.9 Å². The smallest absolute Gasteiger partial charge is 0.314 e. The van der Waals surface area contributed by atoms with Crippen molar-refractivity contribution in [1.29, 1.82) is 0 Å². The van der Waals surface area contributed by atoms with Gasteiger partial charge in [0.1, 0.15) is 0 Å². The van der Waals surface area contributed by atoms with Gasteiger partial charge in [0.25, 0.3) is 0 Å². The SMILES string of the molecule is C[SiH]1O[Si](C)(C)O[Si](C)(C)O[Si](C)(C)O1.Cl[P](c1ccccc1)(c1ccccc1)c1ccccc1. The Kier molecular flexibility index (Phi) is 9.53. The molecule has 10 heteroatoms. The molecular formula is C25H37ClO4PSi4. The number of halogens is 1. The van der Waals surface area contributed by atoms with Crippen LogP contribution in [0, 0.1) is 0 Å². The van der Waals surface area contributed by atoms with Crippen LogP contribution in [0.25, 0.3) is 0 Å². The van der Waals surface area contributed by atoms with Gasteiger partial charge in [-0.05, 0) is 61.7 Å². The molecule has 0 amide bonds. The van der Waals surface area contributed by atoms with E-state index in [1.807, 2.05) is 18.2 Å². The Morgan fingerprint density at radius 2 is 0.829 bits per heavy atom. The Hall–Kier alpha value is -0.912. The second-order valence-corrected chi connectivity index (χ2v) is 27.1. The van der Waals surface area contributed by atoms with Crippen LogP contribution in [0.3, 0.4) is 0 Å². The van der Waals surface area contributed by atoms with Gasteiger partial charge in [-0.1, -0.05) is 102 Å². The molecule has 1 aliphatic rings. The average Bonchev–Trinajstić information content (AvgIpc) is 2.77. The van der Waals surface area contributed by atoms with Crippen molar-refractivity contribution in [1.82, 2.24) is 0 Å². The molecule has 0 bridgehead atoms. The van der Waals surface area contributed by atoms with Crippen LogP contribution in [0.1, 0.15) is 0 Å². The first-order valence-corrected chi connectivity index (χ1v) is 25.1. The van der Waals surface area contributed by atoms with Gasteiger partial charge >= 0.3 is 35.0 Å². The minimum atomic E-state index is -2.08. The number of benzene rings is 3. The Balaban J connectivity index is 0.000000205. The molecule has 1 aliphatic heterocycles. The highest BCUT2D eigenvalue weighted by Crippen LogP contribution is 2.60. The lowest BCUT2D eigenvalue weighted by Gasteiger charge is -2.43. The second-order valence-electron chi connectivity index (χ2n) is 9.80. The van der Waals surface area contributed by atoms with Gasteiger partial charge in [-0.3, -0.25) is 0 Å². The summed E-state index contributed by atoms with van der Waals surface area (Å²) in [7, 11) is -7.74. The molecule has 4 rings (SSSR count). The fraction of sp³-hybridized carbons (Fsp3) is 0.280. The Morgan fingerprint density at radius 1 is 0.543 bits per heavy atom. The van der Waals surface area contributed by atoms with Gasteiger partial charge in [0.05, 0.1) is 0 Å². The molecule has 0 N–H and O–H groups in total. The third kappa shape index (κ3) is 8.03. The molecule has 0 atom stereocenters. The zero-order chi connectivity index (χ0) is 25.7. The summed E-state index contributed by atoms with van der Waals surface area (Å²) in [5, 5.41) is 3.58. The summed E-state index contributed by atoms with van der Waals surface area (Å²) in [4.78, 5) is 0. The quantitative estimate of drug-likeness (QED) is 0.275. The van der Waals surface area contributed by atoms with Gasteiger partial charge in [0.15, 0.2) is 0 Å². The van der Waals surface area contributed by atoms with Gasteiger partial charge in [-0.15, -0.1) is 0 Å². The second kappa shape index (κ2) is 11.6. The third-order valence-corrected chi connectivity index (χ3v) is 25.1. The van der Waals surface area contributed by atoms with Crippen molar-refractivity contribution in [2.75, 3.05) is 0 Å². The van der Waals surface area contributed by atoms with E-state index < -0.39 is 41.6 Å². The molecule has 0 aromatic heterocycles. The van der Waals surface area contributed by atoms with E-state index in [1.165, 1.54) is 15.9 Å². The van der Waals surface area contributed by atoms with Crippen molar-refractivity contribution >= 4 is 68.7 Å². The van der Waals surface area contributed by atoms with Crippen LogP contribution in [-0.2, 0) is 16.5 Å². The van der Waals surface area contributed by atoms with Crippen LogP contribution < -0.4 is 15.9 Å². The number of rotatable bonds is 3. The zero-order valence-corrected chi connectivity index (χ0v) is 27.5. The molecule has 35 heavy (non-hydrogen) atoms. The van der Waals surface area contributed by atoms with Crippen LogP contribution in [0.15, 0.2) is 91.0 Å². The molecule has 189 valence electrons. The average molecular weight is 580 g/mol. The maximum atomic E-state index is 7.23. The minimum absolute atomic E-state index is 1.19. The summed E-state index contributed by atoms with van der Waals surface area (Å²) >= 11 is 7.23. The Labute approximate surface area is 221 Å². The zero-order valence-electron chi connectivity index (χ0n) is 21.7. The largest absolute Gasteiger partial charge is 0.418 e. The molecule has 3 aromatic carbocycles. The van der Waals surface area contributed by atoms with E-state index >= 15 is 0 Å². The van der Waals surface area contributed by atoms with Crippen molar-refractivity contribution < 1.29 is 16.5 Å². The fourth-order valence-electron chi connectivity index (χ4n) is 4.42. The maximum Gasteiger partial charge on any atom is 0.314 e. The molecule has 4 nitrogen and oxygen atoms in total. The van der Waals surface area contributed by atoms with E-state index in [1.54, 1.807) is 0 Å². The van der Waals surface area contributed by atoms with Crippen molar-refractivity contribution in [3.8, 4) is 0 Å². The predicted molar refractivity (Wildman–Crippen MR) is 161 cm³/mol. The van der Waals surface area contributed by atoms with Crippen LogP contribution in [0.2, 0.25) is 45.8 Å². The number of hydrogen-bond acceptors (Lipinski definition) is 4. The van der Waals surface area contributed by atoms with E-state index in [0.717, 1.165) is 0 Å². The molecule has 3 aromatic rings. The summed E-state index contributed by atoms with van der Waals surface area (Å²) in [6.45, 7) is 12.4. The molecule has 1 heterocycles. The lowest BCUT2D eigenvalue weighted by atomic mass is 10.4. The molecular weight excluding hydrogens is 543 g/mol. The van der Waals surface area contributed by atoms with Crippen LogP contribution in [0.5, 0.6) is 0 Å². The minimum Gasteiger partial charge on any atom is -0.418 e. The highest BCUT2D eigenvalue weighted by molar-refractivity contribution is 8.14. The molecule has 0 aliphatic carbocycles. The molecule has 1 fully saturated rings. The normalized spacial score (nSPS) is 19.5. The van der Waals surface area contributed by atoms with Gasteiger partial charge < -0.3 is 16.5 Å². The van der Waals surface area contributed by atoms with E-state index in [0.29, 0.717) is 0 Å². The van der Waals surface area contributed by atoms with Crippen molar-refractivity contribution in [2.24, 2.45) is 0 Å². The lowest BCUT2D eigenvalue weighted by Crippen LogP contribution is -2.60. The Bertz CT molecular complexity index is 954. The molecule has 1 radical (unpaired) electrons. The first-order chi connectivity index (χ1) is 16.3. The van der Waals surface area contributed by atoms with E-state index in [-0.39, 0.29) is 0 Å². The molecule has 0 saturated carbocycles. The summed E-state index contributed by atoms with van der Waals surface area (Å²) in [6, 6.07) is 31.2. The number of hydrogen-bond donors (Lipinski definition) is 0. The van der Waals surface area contributed by atoms with Crippen LogP contribution >= 0.6 is 17.9 Å². The van der Waals surface area contributed by atoms with Crippen molar-refractivity contribution in [3.63, 3.8) is 0 Å². The van der Waals surface area contributed by atoms with Crippen molar-refractivity contribution in [2.45, 2.75) is 45.8 Å². The van der Waals surface area contributed by atoms with Gasteiger partial charge in [0, 0.05) is 6.62 Å². The predicted octanol–water partition coefficient (Wildman–Crippen LogP) is 6.16. The first kappa shape index (κ1) is 28.7. The van der Waals surface area contributed by atoms with Crippen molar-refractivity contribution in [3.05, 3.63) is 91.0 Å². The monoisotopic (exact) mass is 579 g/mol. The molecule has 0 spiro atoms.